The number of nitrogens with zero attached hydrogens (tertiary/aromatic N) is 3. The smallest absolute Gasteiger partial charge is 0.277 e. The third-order valence-electron chi connectivity index (χ3n) is 6.82. The standard InChI is InChI=1S/C24H22N6O3/c25-21(26)13-1-3-15(4-2-13)29-12-24(8-9-24)18-19(22(27)31)28-30(20(18)23(29)32)16-5-6-17-14(11-16)7-10-33-17/h1-6,11H,7-10,12H2,(H3,25,26)(H2,27,31). The van der Waals surface area contributed by atoms with E-state index in [0.717, 1.165) is 30.6 Å². The first-order valence-electron chi connectivity index (χ1n) is 10.8. The highest BCUT2D eigenvalue weighted by Crippen LogP contribution is 2.54. The molecule has 0 radical (unpaired) electrons. The number of amidine groups is 1. The number of fused-ring (bicyclic) bond motifs is 3. The first kappa shape index (κ1) is 19.5. The van der Waals surface area contributed by atoms with Crippen LogP contribution in [0.25, 0.3) is 5.69 Å². The molecule has 0 unspecified atom stereocenters. The van der Waals surface area contributed by atoms with Gasteiger partial charge in [-0.1, -0.05) is 0 Å². The molecular formula is C24H22N6O3. The van der Waals surface area contributed by atoms with Gasteiger partial charge in [0.2, 0.25) is 0 Å². The number of carbonyl (C=O) groups excluding carboxylic acids is 2. The summed E-state index contributed by atoms with van der Waals surface area (Å²) in [5.74, 6) is -0.0769. The lowest BCUT2D eigenvalue weighted by Gasteiger charge is -2.33. The third kappa shape index (κ3) is 2.85. The Labute approximate surface area is 189 Å². The zero-order chi connectivity index (χ0) is 22.9. The molecule has 0 bridgehead atoms. The molecule has 9 nitrogen and oxygen atoms in total. The summed E-state index contributed by atoms with van der Waals surface area (Å²) < 4.78 is 7.17. The summed E-state index contributed by atoms with van der Waals surface area (Å²) in [5, 5.41) is 12.2. The molecule has 2 aromatic carbocycles. The molecular weight excluding hydrogens is 420 g/mol. The number of nitrogen functional groups attached to an aromatic ring is 1. The molecule has 1 aromatic heterocycles. The van der Waals surface area contributed by atoms with E-state index >= 15 is 0 Å². The fourth-order valence-corrected chi connectivity index (χ4v) is 4.95. The van der Waals surface area contributed by atoms with Gasteiger partial charge in [0.05, 0.1) is 12.3 Å². The second-order valence-corrected chi connectivity index (χ2v) is 8.87. The van der Waals surface area contributed by atoms with Crippen LogP contribution in [0.15, 0.2) is 42.5 Å². The zero-order valence-corrected chi connectivity index (χ0v) is 17.8. The summed E-state index contributed by atoms with van der Waals surface area (Å²) >= 11 is 0. The van der Waals surface area contributed by atoms with Crippen LogP contribution in [0.4, 0.5) is 5.69 Å². The molecule has 9 heteroatoms. The van der Waals surface area contributed by atoms with Crippen LogP contribution in [0.1, 0.15) is 50.5 Å². The summed E-state index contributed by atoms with van der Waals surface area (Å²) in [5.41, 5.74) is 15.2. The molecule has 2 amide bonds. The van der Waals surface area contributed by atoms with Crippen molar-refractivity contribution in [3.63, 3.8) is 0 Å². The number of hydrogen-bond donors (Lipinski definition) is 3. The van der Waals surface area contributed by atoms with Gasteiger partial charge in [0.25, 0.3) is 11.8 Å². The fourth-order valence-electron chi connectivity index (χ4n) is 4.95. The van der Waals surface area contributed by atoms with E-state index in [1.165, 1.54) is 0 Å². The van der Waals surface area contributed by atoms with Gasteiger partial charge in [-0.3, -0.25) is 15.0 Å². The van der Waals surface area contributed by atoms with E-state index in [-0.39, 0.29) is 22.9 Å². The van der Waals surface area contributed by atoms with Crippen molar-refractivity contribution in [3.05, 3.63) is 70.5 Å². The summed E-state index contributed by atoms with van der Waals surface area (Å²) in [7, 11) is 0. The molecule has 1 fully saturated rings. The molecule has 1 saturated carbocycles. The summed E-state index contributed by atoms with van der Waals surface area (Å²) in [6.07, 6.45) is 2.47. The number of hydrogen-bond acceptors (Lipinski definition) is 5. The molecule has 1 spiro atoms. The van der Waals surface area contributed by atoms with E-state index in [1.54, 1.807) is 33.8 Å². The maximum Gasteiger partial charge on any atom is 0.277 e. The van der Waals surface area contributed by atoms with Crippen molar-refractivity contribution < 1.29 is 14.3 Å². The number of ether oxygens (including phenoxy) is 1. The van der Waals surface area contributed by atoms with Crippen LogP contribution in [0.5, 0.6) is 5.75 Å². The van der Waals surface area contributed by atoms with E-state index in [4.69, 9.17) is 21.6 Å². The maximum atomic E-state index is 13.8. The van der Waals surface area contributed by atoms with Crippen LogP contribution in [-0.2, 0) is 11.8 Å². The topological polar surface area (TPSA) is 140 Å². The van der Waals surface area contributed by atoms with E-state index in [9.17, 15) is 9.59 Å². The Kier molecular flexibility index (Phi) is 3.95. The monoisotopic (exact) mass is 442 g/mol. The summed E-state index contributed by atoms with van der Waals surface area (Å²) in [6.45, 7) is 1.07. The minimum Gasteiger partial charge on any atom is -0.493 e. The first-order valence-corrected chi connectivity index (χ1v) is 10.8. The molecule has 0 atom stereocenters. The van der Waals surface area contributed by atoms with Crippen LogP contribution in [0.3, 0.4) is 0 Å². The minimum atomic E-state index is -0.632. The largest absolute Gasteiger partial charge is 0.493 e. The van der Waals surface area contributed by atoms with Gasteiger partial charge in [0.15, 0.2) is 5.69 Å². The van der Waals surface area contributed by atoms with E-state index in [0.29, 0.717) is 41.3 Å². The van der Waals surface area contributed by atoms with Crippen molar-refractivity contribution in [2.75, 3.05) is 18.1 Å². The molecule has 5 N–H and O–H groups in total. The van der Waals surface area contributed by atoms with Crippen molar-refractivity contribution in [2.24, 2.45) is 11.5 Å². The normalized spacial score (nSPS) is 17.5. The predicted molar refractivity (Wildman–Crippen MR) is 121 cm³/mol. The number of anilines is 1. The average Bonchev–Trinajstić information content (AvgIpc) is 3.22. The highest BCUT2D eigenvalue weighted by atomic mass is 16.5. The molecule has 6 rings (SSSR count). The number of amides is 2. The Morgan fingerprint density at radius 1 is 1.09 bits per heavy atom. The van der Waals surface area contributed by atoms with Gasteiger partial charge in [-0.2, -0.15) is 5.10 Å². The van der Waals surface area contributed by atoms with Crippen molar-refractivity contribution in [3.8, 4) is 11.4 Å². The summed E-state index contributed by atoms with van der Waals surface area (Å²) in [4.78, 5) is 27.9. The zero-order valence-electron chi connectivity index (χ0n) is 17.8. The molecule has 166 valence electrons. The lowest BCUT2D eigenvalue weighted by Crippen LogP contribution is -2.44. The molecule has 1 aliphatic carbocycles. The lowest BCUT2D eigenvalue weighted by atomic mass is 9.88. The predicted octanol–water partition coefficient (Wildman–Crippen LogP) is 1.88. The van der Waals surface area contributed by atoms with Gasteiger partial charge >= 0.3 is 0 Å². The number of primary amides is 1. The second kappa shape index (κ2) is 6.68. The number of benzene rings is 2. The highest BCUT2D eigenvalue weighted by molar-refractivity contribution is 6.11. The Morgan fingerprint density at radius 2 is 1.82 bits per heavy atom. The number of nitrogens with one attached hydrogen (secondary N) is 1. The van der Waals surface area contributed by atoms with Crippen LogP contribution in [0, 0.1) is 5.41 Å². The molecule has 2 aliphatic heterocycles. The van der Waals surface area contributed by atoms with Crippen molar-refractivity contribution in [2.45, 2.75) is 24.7 Å². The number of carbonyl (C=O) groups is 2. The molecule has 33 heavy (non-hydrogen) atoms. The molecule has 0 saturated heterocycles. The first-order chi connectivity index (χ1) is 15.9. The van der Waals surface area contributed by atoms with Gasteiger partial charge in [-0.05, 0) is 60.9 Å². The van der Waals surface area contributed by atoms with Gasteiger partial charge in [0, 0.05) is 35.2 Å². The fraction of sp³-hybridized carbons (Fsp3) is 0.250. The van der Waals surface area contributed by atoms with Gasteiger partial charge in [-0.15, -0.1) is 0 Å². The average molecular weight is 442 g/mol. The molecule has 3 aromatic rings. The Balaban J connectivity index is 1.51. The van der Waals surface area contributed by atoms with E-state index in [1.807, 2.05) is 18.2 Å². The van der Waals surface area contributed by atoms with Gasteiger partial charge < -0.3 is 21.1 Å². The van der Waals surface area contributed by atoms with Crippen LogP contribution in [-0.4, -0.2) is 40.6 Å². The maximum absolute atomic E-state index is 13.8. The SMILES string of the molecule is N=C(N)c1ccc(N2CC3(CC3)c3c(C(N)=O)nn(-c4ccc5c(c4)CCO5)c3C2=O)cc1. The Bertz CT molecular complexity index is 1350. The second-order valence-electron chi connectivity index (χ2n) is 8.87. The van der Waals surface area contributed by atoms with Crippen molar-refractivity contribution in [1.29, 1.82) is 5.41 Å². The number of nitrogens with two attached hydrogens (primary N) is 2. The third-order valence-corrected chi connectivity index (χ3v) is 6.82. The molecule has 3 heterocycles. The summed E-state index contributed by atoms with van der Waals surface area (Å²) in [6, 6.07) is 12.7. The Morgan fingerprint density at radius 3 is 2.48 bits per heavy atom. The minimum absolute atomic E-state index is 0.0303. The molecule has 3 aliphatic rings. The van der Waals surface area contributed by atoms with Gasteiger partial charge in [-0.25, -0.2) is 4.68 Å². The van der Waals surface area contributed by atoms with E-state index < -0.39 is 5.91 Å². The quantitative estimate of drug-likeness (QED) is 0.418. The van der Waals surface area contributed by atoms with Gasteiger partial charge in [0.1, 0.15) is 17.3 Å². The van der Waals surface area contributed by atoms with E-state index in [2.05, 4.69) is 5.10 Å². The van der Waals surface area contributed by atoms with Crippen molar-refractivity contribution >= 4 is 23.3 Å². The number of aromatic nitrogens is 2. The highest BCUT2D eigenvalue weighted by Gasteiger charge is 2.56. The van der Waals surface area contributed by atoms with Crippen LogP contribution in [0.2, 0.25) is 0 Å². The number of rotatable bonds is 4. The van der Waals surface area contributed by atoms with Crippen LogP contribution >= 0.6 is 0 Å². The van der Waals surface area contributed by atoms with Crippen molar-refractivity contribution in [1.82, 2.24) is 9.78 Å². The van der Waals surface area contributed by atoms with Crippen LogP contribution < -0.4 is 21.1 Å². The Hall–Kier alpha value is -4.14. The lowest BCUT2D eigenvalue weighted by molar-refractivity contribution is 0.0966.